The van der Waals surface area contributed by atoms with Crippen LogP contribution in [0, 0.1) is 18.3 Å². The van der Waals surface area contributed by atoms with Crippen LogP contribution in [0.1, 0.15) is 47.0 Å². The minimum Gasteiger partial charge on any atom is -0.343 e. The monoisotopic (exact) mass is 264 g/mol. The molecule has 0 saturated carbocycles. The summed E-state index contributed by atoms with van der Waals surface area (Å²) in [5.74, 6) is 2.64. The summed E-state index contributed by atoms with van der Waals surface area (Å²) in [6, 6.07) is -0.868. The summed E-state index contributed by atoms with van der Waals surface area (Å²) in [5, 5.41) is 2.82. The lowest BCUT2D eigenvalue weighted by Gasteiger charge is -2.44. The van der Waals surface area contributed by atoms with Crippen LogP contribution in [0.25, 0.3) is 0 Å². The van der Waals surface area contributed by atoms with Crippen LogP contribution < -0.4 is 5.32 Å². The van der Waals surface area contributed by atoms with E-state index in [4.69, 9.17) is 6.42 Å². The highest BCUT2D eigenvalue weighted by Gasteiger charge is 2.43. The quantitative estimate of drug-likeness (QED) is 0.766. The van der Waals surface area contributed by atoms with Crippen molar-refractivity contribution in [1.29, 1.82) is 0 Å². The van der Waals surface area contributed by atoms with Crippen LogP contribution >= 0.6 is 0 Å². The zero-order chi connectivity index (χ0) is 14.6. The summed E-state index contributed by atoms with van der Waals surface area (Å²) in [4.78, 5) is 26.5. The molecular formula is C15H24N2O2. The van der Waals surface area contributed by atoms with E-state index in [1.54, 1.807) is 4.90 Å². The SMILES string of the molecule is C#CCC(CC)N1C(=O)C(CC)NC(=O)C1C(C)C. The molecule has 106 valence electrons. The van der Waals surface area contributed by atoms with Gasteiger partial charge in [-0.2, -0.15) is 0 Å². The topological polar surface area (TPSA) is 49.4 Å². The highest BCUT2D eigenvalue weighted by molar-refractivity contribution is 5.97. The lowest BCUT2D eigenvalue weighted by Crippen LogP contribution is -2.66. The molecule has 0 aromatic heterocycles. The second-order valence-electron chi connectivity index (χ2n) is 5.37. The van der Waals surface area contributed by atoms with E-state index in [-0.39, 0.29) is 23.8 Å². The number of carbonyl (C=O) groups excluding carboxylic acids is 2. The van der Waals surface area contributed by atoms with E-state index in [0.29, 0.717) is 12.8 Å². The predicted octanol–water partition coefficient (Wildman–Crippen LogP) is 1.55. The first-order valence-electron chi connectivity index (χ1n) is 7.03. The fraction of sp³-hybridized carbons (Fsp3) is 0.733. The molecule has 0 bridgehead atoms. The Kier molecular flexibility index (Phi) is 5.41. The van der Waals surface area contributed by atoms with Crippen LogP contribution in [-0.2, 0) is 9.59 Å². The van der Waals surface area contributed by atoms with Crippen LogP contribution in [0.5, 0.6) is 0 Å². The Morgan fingerprint density at radius 1 is 1.37 bits per heavy atom. The smallest absolute Gasteiger partial charge is 0.246 e. The van der Waals surface area contributed by atoms with Crippen molar-refractivity contribution in [2.24, 2.45) is 5.92 Å². The van der Waals surface area contributed by atoms with Crippen molar-refractivity contribution >= 4 is 11.8 Å². The van der Waals surface area contributed by atoms with Gasteiger partial charge in [-0.15, -0.1) is 12.3 Å². The van der Waals surface area contributed by atoms with Gasteiger partial charge in [-0.25, -0.2) is 0 Å². The van der Waals surface area contributed by atoms with Crippen molar-refractivity contribution in [3.63, 3.8) is 0 Å². The van der Waals surface area contributed by atoms with E-state index < -0.39 is 12.1 Å². The fourth-order valence-electron chi connectivity index (χ4n) is 2.65. The summed E-state index contributed by atoms with van der Waals surface area (Å²) < 4.78 is 0. The van der Waals surface area contributed by atoms with Gasteiger partial charge in [-0.3, -0.25) is 9.59 Å². The summed E-state index contributed by atoms with van der Waals surface area (Å²) in [7, 11) is 0. The maximum atomic E-state index is 12.5. The van der Waals surface area contributed by atoms with E-state index in [9.17, 15) is 9.59 Å². The molecule has 0 aromatic carbocycles. The molecule has 1 saturated heterocycles. The van der Waals surface area contributed by atoms with Crippen molar-refractivity contribution in [1.82, 2.24) is 10.2 Å². The number of terminal acetylenes is 1. The molecule has 3 unspecified atom stereocenters. The van der Waals surface area contributed by atoms with Gasteiger partial charge in [0.15, 0.2) is 0 Å². The molecule has 1 heterocycles. The average molecular weight is 264 g/mol. The minimum atomic E-state index is -0.409. The van der Waals surface area contributed by atoms with Crippen molar-refractivity contribution in [2.45, 2.75) is 65.1 Å². The van der Waals surface area contributed by atoms with Gasteiger partial charge >= 0.3 is 0 Å². The minimum absolute atomic E-state index is 0.00269. The van der Waals surface area contributed by atoms with Crippen molar-refractivity contribution < 1.29 is 9.59 Å². The third kappa shape index (κ3) is 3.09. The number of rotatable bonds is 5. The van der Waals surface area contributed by atoms with Crippen molar-refractivity contribution in [3.8, 4) is 12.3 Å². The molecule has 0 spiro atoms. The first kappa shape index (κ1) is 15.6. The molecule has 0 aromatic rings. The standard InChI is InChI=1S/C15H24N2O2/c1-6-9-11(7-2)17-13(10(4)5)14(18)16-12(8-3)15(17)19/h1,10-13H,7-9H2,2-5H3,(H,16,18). The number of hydrogen-bond donors (Lipinski definition) is 1. The summed E-state index contributed by atoms with van der Waals surface area (Å²) in [5.41, 5.74) is 0. The third-order valence-electron chi connectivity index (χ3n) is 3.70. The number of nitrogens with zero attached hydrogens (tertiary/aromatic N) is 1. The number of piperazine rings is 1. The Morgan fingerprint density at radius 2 is 2.00 bits per heavy atom. The van der Waals surface area contributed by atoms with Crippen LogP contribution in [-0.4, -0.2) is 34.8 Å². The number of hydrogen-bond acceptors (Lipinski definition) is 2. The van der Waals surface area contributed by atoms with E-state index in [2.05, 4.69) is 11.2 Å². The Bertz CT molecular complexity index is 384. The third-order valence-corrected chi connectivity index (χ3v) is 3.70. The molecule has 4 nitrogen and oxygen atoms in total. The first-order chi connectivity index (χ1) is 8.97. The van der Waals surface area contributed by atoms with Gasteiger partial charge in [-0.05, 0) is 18.8 Å². The lowest BCUT2D eigenvalue weighted by molar-refractivity contribution is -0.154. The van der Waals surface area contributed by atoms with Gasteiger partial charge in [0.2, 0.25) is 11.8 Å². The van der Waals surface area contributed by atoms with Gasteiger partial charge in [0.25, 0.3) is 0 Å². The van der Waals surface area contributed by atoms with Crippen molar-refractivity contribution in [3.05, 3.63) is 0 Å². The largest absolute Gasteiger partial charge is 0.343 e. The summed E-state index contributed by atoms with van der Waals surface area (Å²) in [6.07, 6.45) is 7.26. The molecule has 4 heteroatoms. The number of amides is 2. The van der Waals surface area contributed by atoms with E-state index >= 15 is 0 Å². The van der Waals surface area contributed by atoms with Gasteiger partial charge in [0.05, 0.1) is 0 Å². The summed E-state index contributed by atoms with van der Waals surface area (Å²) in [6.45, 7) is 7.82. The van der Waals surface area contributed by atoms with Gasteiger partial charge in [-0.1, -0.05) is 27.7 Å². The molecule has 19 heavy (non-hydrogen) atoms. The van der Waals surface area contributed by atoms with Crippen LogP contribution in [0.3, 0.4) is 0 Å². The van der Waals surface area contributed by atoms with E-state index in [0.717, 1.165) is 6.42 Å². The fourth-order valence-corrected chi connectivity index (χ4v) is 2.65. The number of nitrogens with one attached hydrogen (secondary N) is 1. The van der Waals surface area contributed by atoms with Crippen molar-refractivity contribution in [2.75, 3.05) is 0 Å². The molecule has 1 fully saturated rings. The van der Waals surface area contributed by atoms with Gasteiger partial charge in [0.1, 0.15) is 12.1 Å². The molecule has 0 radical (unpaired) electrons. The lowest BCUT2D eigenvalue weighted by atomic mass is 9.93. The Morgan fingerprint density at radius 3 is 2.42 bits per heavy atom. The predicted molar refractivity (Wildman–Crippen MR) is 75.2 cm³/mol. The Hall–Kier alpha value is -1.50. The van der Waals surface area contributed by atoms with Crippen LogP contribution in [0.2, 0.25) is 0 Å². The second-order valence-corrected chi connectivity index (χ2v) is 5.37. The zero-order valence-electron chi connectivity index (χ0n) is 12.3. The normalized spacial score (nSPS) is 25.2. The first-order valence-corrected chi connectivity index (χ1v) is 7.03. The van der Waals surface area contributed by atoms with Crippen LogP contribution in [0.4, 0.5) is 0 Å². The molecule has 1 aliphatic heterocycles. The van der Waals surface area contributed by atoms with E-state index in [1.165, 1.54) is 0 Å². The Balaban J connectivity index is 3.11. The van der Waals surface area contributed by atoms with Gasteiger partial charge in [0, 0.05) is 12.5 Å². The van der Waals surface area contributed by atoms with Crippen LogP contribution in [0.15, 0.2) is 0 Å². The second kappa shape index (κ2) is 6.60. The van der Waals surface area contributed by atoms with E-state index in [1.807, 2.05) is 27.7 Å². The summed E-state index contributed by atoms with van der Waals surface area (Å²) >= 11 is 0. The maximum Gasteiger partial charge on any atom is 0.246 e. The molecule has 1 aliphatic rings. The van der Waals surface area contributed by atoms with Gasteiger partial charge < -0.3 is 10.2 Å². The molecule has 2 amide bonds. The number of carbonyl (C=O) groups is 2. The molecule has 1 N–H and O–H groups in total. The highest BCUT2D eigenvalue weighted by Crippen LogP contribution is 2.24. The maximum absolute atomic E-state index is 12.5. The zero-order valence-corrected chi connectivity index (χ0v) is 12.3. The average Bonchev–Trinajstić information content (AvgIpc) is 2.37. The molecule has 3 atom stereocenters. The Labute approximate surface area is 115 Å². The molecular weight excluding hydrogens is 240 g/mol. The molecule has 0 aliphatic carbocycles. The molecule has 1 rings (SSSR count). The highest BCUT2D eigenvalue weighted by atomic mass is 16.2.